The fourth-order valence-corrected chi connectivity index (χ4v) is 2.27. The smallest absolute Gasteiger partial charge is 0.122 e. The number of rotatable bonds is 6. The number of ether oxygens (including phenoxy) is 2. The molecule has 1 aliphatic heterocycles. The van der Waals surface area contributed by atoms with E-state index in [2.05, 4.69) is 35.3 Å². The third-order valence-electron chi connectivity index (χ3n) is 3.33. The highest BCUT2D eigenvalue weighted by Gasteiger charge is 2.11. The third kappa shape index (κ3) is 4.11. The van der Waals surface area contributed by atoms with Crippen molar-refractivity contribution in [2.75, 3.05) is 50.9 Å². The molecule has 106 valence electrons. The largest absolute Gasteiger partial charge is 0.491 e. The number of hydrogen-bond donors (Lipinski definition) is 1. The van der Waals surface area contributed by atoms with Crippen molar-refractivity contribution in [2.45, 2.75) is 13.8 Å². The summed E-state index contributed by atoms with van der Waals surface area (Å²) in [6, 6.07) is 6.42. The first-order valence-corrected chi connectivity index (χ1v) is 7.08. The molecule has 0 atom stereocenters. The zero-order chi connectivity index (χ0) is 13.5. The van der Waals surface area contributed by atoms with Crippen LogP contribution in [0.25, 0.3) is 0 Å². The van der Waals surface area contributed by atoms with Crippen molar-refractivity contribution in [3.05, 3.63) is 23.8 Å². The predicted molar refractivity (Wildman–Crippen MR) is 78.2 cm³/mol. The molecular weight excluding hydrogens is 240 g/mol. The van der Waals surface area contributed by atoms with E-state index in [0.717, 1.165) is 38.5 Å². The molecule has 0 saturated carbocycles. The fraction of sp³-hybridized carbons (Fsp3) is 0.600. The van der Waals surface area contributed by atoms with Gasteiger partial charge in [0.15, 0.2) is 0 Å². The minimum absolute atomic E-state index is 0.613. The minimum Gasteiger partial charge on any atom is -0.491 e. The van der Waals surface area contributed by atoms with Gasteiger partial charge in [0.1, 0.15) is 12.4 Å². The summed E-state index contributed by atoms with van der Waals surface area (Å²) in [6.07, 6.45) is 0. The number of piperazine rings is 1. The molecule has 1 saturated heterocycles. The Bertz CT molecular complexity index is 390. The van der Waals surface area contributed by atoms with Crippen molar-refractivity contribution in [3.63, 3.8) is 0 Å². The Morgan fingerprint density at radius 1 is 1.21 bits per heavy atom. The number of hydrogen-bond acceptors (Lipinski definition) is 4. The molecular formula is C15H24N2O2. The van der Waals surface area contributed by atoms with Crippen LogP contribution in [0.1, 0.15) is 12.5 Å². The van der Waals surface area contributed by atoms with Gasteiger partial charge in [0.05, 0.1) is 6.61 Å². The van der Waals surface area contributed by atoms with Gasteiger partial charge in [0, 0.05) is 38.5 Å². The summed E-state index contributed by atoms with van der Waals surface area (Å²) in [5, 5.41) is 3.37. The highest BCUT2D eigenvalue weighted by Crippen LogP contribution is 2.24. The molecule has 1 aliphatic rings. The van der Waals surface area contributed by atoms with Crippen LogP contribution in [-0.4, -0.2) is 46.0 Å². The normalized spacial score (nSPS) is 15.6. The lowest BCUT2D eigenvalue weighted by Gasteiger charge is -2.29. The Morgan fingerprint density at radius 2 is 2.00 bits per heavy atom. The molecule has 0 spiro atoms. The standard InChI is InChI=1S/C15H24N2O2/c1-3-18-10-11-19-15-5-4-14(12-13(15)2)17-8-6-16-7-9-17/h4-5,12,16H,3,6-11H2,1-2H3. The van der Waals surface area contributed by atoms with Gasteiger partial charge >= 0.3 is 0 Å². The van der Waals surface area contributed by atoms with Gasteiger partial charge in [0.2, 0.25) is 0 Å². The maximum Gasteiger partial charge on any atom is 0.122 e. The molecule has 0 unspecified atom stereocenters. The number of nitrogens with zero attached hydrogens (tertiary/aromatic N) is 1. The van der Waals surface area contributed by atoms with E-state index in [0.29, 0.717) is 13.2 Å². The SMILES string of the molecule is CCOCCOc1ccc(N2CCNCC2)cc1C. The molecule has 4 heteroatoms. The van der Waals surface area contributed by atoms with Gasteiger partial charge < -0.3 is 19.7 Å². The van der Waals surface area contributed by atoms with Crippen LogP contribution in [0, 0.1) is 6.92 Å². The number of nitrogens with one attached hydrogen (secondary N) is 1. The van der Waals surface area contributed by atoms with Crippen LogP contribution in [0.4, 0.5) is 5.69 Å². The highest BCUT2D eigenvalue weighted by molar-refractivity contribution is 5.53. The van der Waals surface area contributed by atoms with Crippen molar-refractivity contribution < 1.29 is 9.47 Å². The maximum atomic E-state index is 5.73. The molecule has 1 N–H and O–H groups in total. The van der Waals surface area contributed by atoms with Crippen LogP contribution in [0.3, 0.4) is 0 Å². The minimum atomic E-state index is 0.613. The second-order valence-corrected chi connectivity index (χ2v) is 4.73. The first kappa shape index (κ1) is 14.2. The number of anilines is 1. The molecule has 0 amide bonds. The van der Waals surface area contributed by atoms with Crippen LogP contribution in [0.5, 0.6) is 5.75 Å². The van der Waals surface area contributed by atoms with Crippen LogP contribution in [-0.2, 0) is 4.74 Å². The summed E-state index contributed by atoms with van der Waals surface area (Å²) < 4.78 is 11.0. The van der Waals surface area contributed by atoms with Gasteiger partial charge in [-0.15, -0.1) is 0 Å². The summed E-state index contributed by atoms with van der Waals surface area (Å²) in [4.78, 5) is 2.41. The van der Waals surface area contributed by atoms with Gasteiger partial charge in [-0.3, -0.25) is 0 Å². The quantitative estimate of drug-likeness (QED) is 0.795. The van der Waals surface area contributed by atoms with Crippen LogP contribution >= 0.6 is 0 Å². The van der Waals surface area contributed by atoms with E-state index in [4.69, 9.17) is 9.47 Å². The second kappa shape index (κ2) is 7.36. The van der Waals surface area contributed by atoms with Crippen molar-refractivity contribution in [1.29, 1.82) is 0 Å². The van der Waals surface area contributed by atoms with E-state index in [1.54, 1.807) is 0 Å². The lowest BCUT2D eigenvalue weighted by molar-refractivity contribution is 0.110. The van der Waals surface area contributed by atoms with Gasteiger partial charge in [-0.05, 0) is 37.6 Å². The topological polar surface area (TPSA) is 33.7 Å². The van der Waals surface area contributed by atoms with Crippen LogP contribution in [0.2, 0.25) is 0 Å². The summed E-state index contributed by atoms with van der Waals surface area (Å²) in [5.74, 6) is 0.957. The monoisotopic (exact) mass is 264 g/mol. The lowest BCUT2D eigenvalue weighted by Crippen LogP contribution is -2.43. The van der Waals surface area contributed by atoms with Gasteiger partial charge in [0.25, 0.3) is 0 Å². The number of benzene rings is 1. The highest BCUT2D eigenvalue weighted by atomic mass is 16.5. The molecule has 1 heterocycles. The predicted octanol–water partition coefficient (Wildman–Crippen LogP) is 1.82. The van der Waals surface area contributed by atoms with E-state index >= 15 is 0 Å². The molecule has 1 aromatic rings. The molecule has 0 bridgehead atoms. The van der Waals surface area contributed by atoms with E-state index in [9.17, 15) is 0 Å². The fourth-order valence-electron chi connectivity index (χ4n) is 2.27. The van der Waals surface area contributed by atoms with Crippen molar-refractivity contribution in [1.82, 2.24) is 5.32 Å². The molecule has 4 nitrogen and oxygen atoms in total. The van der Waals surface area contributed by atoms with Crippen molar-refractivity contribution >= 4 is 5.69 Å². The Hall–Kier alpha value is -1.26. The second-order valence-electron chi connectivity index (χ2n) is 4.73. The van der Waals surface area contributed by atoms with E-state index < -0.39 is 0 Å². The summed E-state index contributed by atoms with van der Waals surface area (Å²) >= 11 is 0. The molecule has 0 aliphatic carbocycles. The molecule has 0 aromatic heterocycles. The van der Waals surface area contributed by atoms with E-state index in [1.807, 2.05) is 6.92 Å². The van der Waals surface area contributed by atoms with E-state index in [-0.39, 0.29) is 0 Å². The van der Waals surface area contributed by atoms with Gasteiger partial charge in [-0.1, -0.05) is 0 Å². The van der Waals surface area contributed by atoms with Crippen LogP contribution in [0.15, 0.2) is 18.2 Å². The zero-order valence-electron chi connectivity index (χ0n) is 11.9. The average Bonchev–Trinajstić information content (AvgIpc) is 2.46. The Balaban J connectivity index is 1.92. The summed E-state index contributed by atoms with van der Waals surface area (Å²) in [5.41, 5.74) is 2.48. The van der Waals surface area contributed by atoms with Crippen LogP contribution < -0.4 is 15.0 Å². The van der Waals surface area contributed by atoms with Gasteiger partial charge in [-0.2, -0.15) is 0 Å². The summed E-state index contributed by atoms with van der Waals surface area (Å²) in [7, 11) is 0. The van der Waals surface area contributed by atoms with Gasteiger partial charge in [-0.25, -0.2) is 0 Å². The Labute approximate surface area is 115 Å². The van der Waals surface area contributed by atoms with Crippen molar-refractivity contribution in [2.24, 2.45) is 0 Å². The Morgan fingerprint density at radius 3 is 2.68 bits per heavy atom. The first-order chi connectivity index (χ1) is 9.31. The lowest BCUT2D eigenvalue weighted by atomic mass is 10.1. The molecule has 1 fully saturated rings. The average molecular weight is 264 g/mol. The first-order valence-electron chi connectivity index (χ1n) is 7.08. The third-order valence-corrected chi connectivity index (χ3v) is 3.33. The molecule has 19 heavy (non-hydrogen) atoms. The Kier molecular flexibility index (Phi) is 5.48. The maximum absolute atomic E-state index is 5.73. The molecule has 1 aromatic carbocycles. The number of aryl methyl sites for hydroxylation is 1. The van der Waals surface area contributed by atoms with Crippen molar-refractivity contribution in [3.8, 4) is 5.75 Å². The summed E-state index contributed by atoms with van der Waals surface area (Å²) in [6.45, 7) is 10.4. The zero-order valence-corrected chi connectivity index (χ0v) is 11.9. The van der Waals surface area contributed by atoms with E-state index in [1.165, 1.54) is 11.3 Å². The molecule has 0 radical (unpaired) electrons. The molecule has 2 rings (SSSR count).